The van der Waals surface area contributed by atoms with Gasteiger partial charge in [0.05, 0.1) is 10.6 Å². The number of anilines is 1. The van der Waals surface area contributed by atoms with Crippen molar-refractivity contribution in [3.8, 4) is 10.6 Å². The SMILES string of the molecule is CC(C)CCN=C(N)Nc1nc(-c2ccc(CN)s2)cs1. The largest absolute Gasteiger partial charge is 0.370 e. The van der Waals surface area contributed by atoms with Crippen molar-refractivity contribution in [2.75, 3.05) is 11.9 Å². The Bertz CT molecular complexity index is 600. The number of nitrogens with one attached hydrogen (secondary N) is 1. The predicted molar refractivity (Wildman–Crippen MR) is 92.9 cm³/mol. The number of hydrogen-bond donors (Lipinski definition) is 3. The van der Waals surface area contributed by atoms with Crippen LogP contribution < -0.4 is 16.8 Å². The van der Waals surface area contributed by atoms with E-state index in [1.807, 2.05) is 17.5 Å². The van der Waals surface area contributed by atoms with E-state index in [4.69, 9.17) is 11.5 Å². The molecule has 0 amide bonds. The minimum absolute atomic E-state index is 0.422. The molecule has 0 saturated carbocycles. The Labute approximate surface area is 133 Å². The summed E-state index contributed by atoms with van der Waals surface area (Å²) >= 11 is 3.19. The van der Waals surface area contributed by atoms with Crippen molar-refractivity contribution >= 4 is 33.8 Å². The zero-order valence-electron chi connectivity index (χ0n) is 12.3. The number of nitrogens with two attached hydrogens (primary N) is 2. The van der Waals surface area contributed by atoms with Crippen LogP contribution in [0.4, 0.5) is 5.13 Å². The first kappa shape index (κ1) is 15.9. The Morgan fingerprint density at radius 2 is 2.24 bits per heavy atom. The van der Waals surface area contributed by atoms with Crippen LogP contribution in [-0.2, 0) is 6.54 Å². The number of hydrogen-bond acceptors (Lipinski definition) is 5. The normalized spacial score (nSPS) is 12.1. The van der Waals surface area contributed by atoms with Crippen LogP contribution in [0.1, 0.15) is 25.1 Å². The summed E-state index contributed by atoms with van der Waals surface area (Å²) in [5.74, 6) is 1.05. The van der Waals surface area contributed by atoms with Crippen LogP contribution in [0, 0.1) is 5.92 Å². The minimum atomic E-state index is 0.422. The molecule has 7 heteroatoms. The third-order valence-electron chi connectivity index (χ3n) is 2.84. The molecule has 0 spiro atoms. The summed E-state index contributed by atoms with van der Waals surface area (Å²) in [4.78, 5) is 11.1. The molecule has 0 aliphatic carbocycles. The van der Waals surface area contributed by atoms with Gasteiger partial charge in [-0.2, -0.15) is 0 Å². The molecule has 0 bridgehead atoms. The quantitative estimate of drug-likeness (QED) is 0.563. The second-order valence-corrected chi connectivity index (χ2v) is 7.11. The van der Waals surface area contributed by atoms with E-state index in [-0.39, 0.29) is 0 Å². The number of guanidine groups is 1. The van der Waals surface area contributed by atoms with Crippen LogP contribution in [0.25, 0.3) is 10.6 Å². The summed E-state index contributed by atoms with van der Waals surface area (Å²) in [7, 11) is 0. The second kappa shape index (κ2) is 7.53. The summed E-state index contributed by atoms with van der Waals surface area (Å²) in [6.45, 7) is 5.64. The molecule has 2 aromatic rings. The molecule has 0 aromatic carbocycles. The average molecular weight is 323 g/mol. The van der Waals surface area contributed by atoms with Gasteiger partial charge in [-0.15, -0.1) is 22.7 Å². The number of nitrogens with zero attached hydrogens (tertiary/aromatic N) is 2. The maximum absolute atomic E-state index is 5.86. The maximum atomic E-state index is 5.86. The minimum Gasteiger partial charge on any atom is -0.370 e. The monoisotopic (exact) mass is 323 g/mol. The van der Waals surface area contributed by atoms with Gasteiger partial charge in [0.1, 0.15) is 0 Å². The van der Waals surface area contributed by atoms with Gasteiger partial charge in [-0.25, -0.2) is 4.98 Å². The first-order valence-corrected chi connectivity index (χ1v) is 8.59. The Morgan fingerprint density at radius 3 is 2.90 bits per heavy atom. The Morgan fingerprint density at radius 1 is 1.43 bits per heavy atom. The highest BCUT2D eigenvalue weighted by molar-refractivity contribution is 7.17. The fourth-order valence-electron chi connectivity index (χ4n) is 1.66. The van der Waals surface area contributed by atoms with Crippen LogP contribution in [0.5, 0.6) is 0 Å². The van der Waals surface area contributed by atoms with E-state index in [2.05, 4.69) is 29.1 Å². The fourth-order valence-corrected chi connectivity index (χ4v) is 3.30. The van der Waals surface area contributed by atoms with Crippen LogP contribution >= 0.6 is 22.7 Å². The van der Waals surface area contributed by atoms with Crippen molar-refractivity contribution in [1.82, 2.24) is 4.98 Å². The number of aromatic nitrogens is 1. The van der Waals surface area contributed by atoms with Crippen molar-refractivity contribution in [2.45, 2.75) is 26.8 Å². The van der Waals surface area contributed by atoms with Crippen LogP contribution in [-0.4, -0.2) is 17.5 Å². The second-order valence-electron chi connectivity index (χ2n) is 5.08. The molecule has 0 fully saturated rings. The third kappa shape index (κ3) is 4.80. The van der Waals surface area contributed by atoms with E-state index in [1.54, 1.807) is 11.3 Å². The Kier molecular flexibility index (Phi) is 5.72. The molecule has 0 saturated heterocycles. The van der Waals surface area contributed by atoms with Crippen molar-refractivity contribution in [3.63, 3.8) is 0 Å². The predicted octanol–water partition coefficient (Wildman–Crippen LogP) is 3.10. The number of aliphatic imine (C=N–C) groups is 1. The average Bonchev–Trinajstić information content (AvgIpc) is 3.06. The molecule has 0 unspecified atom stereocenters. The number of rotatable bonds is 6. The zero-order valence-corrected chi connectivity index (χ0v) is 13.9. The highest BCUT2D eigenvalue weighted by Gasteiger charge is 2.07. The first-order chi connectivity index (χ1) is 10.1. The lowest BCUT2D eigenvalue weighted by Crippen LogP contribution is -2.22. The molecular formula is C14H21N5S2. The van der Waals surface area contributed by atoms with Gasteiger partial charge in [-0.1, -0.05) is 13.8 Å². The highest BCUT2D eigenvalue weighted by Crippen LogP contribution is 2.30. The van der Waals surface area contributed by atoms with Gasteiger partial charge in [-0.3, -0.25) is 4.99 Å². The van der Waals surface area contributed by atoms with Gasteiger partial charge < -0.3 is 16.8 Å². The van der Waals surface area contributed by atoms with Crippen molar-refractivity contribution < 1.29 is 0 Å². The van der Waals surface area contributed by atoms with E-state index in [0.717, 1.165) is 33.5 Å². The first-order valence-electron chi connectivity index (χ1n) is 6.90. The Balaban J connectivity index is 1.96. The molecule has 0 atom stereocenters. The van der Waals surface area contributed by atoms with E-state index < -0.39 is 0 Å². The van der Waals surface area contributed by atoms with E-state index in [0.29, 0.717) is 18.4 Å². The lowest BCUT2D eigenvalue weighted by atomic mass is 10.1. The van der Waals surface area contributed by atoms with Gasteiger partial charge >= 0.3 is 0 Å². The van der Waals surface area contributed by atoms with Crippen molar-refractivity contribution in [2.24, 2.45) is 22.4 Å². The summed E-state index contributed by atoms with van der Waals surface area (Å²) in [5, 5.41) is 5.81. The topological polar surface area (TPSA) is 89.3 Å². The van der Waals surface area contributed by atoms with Crippen molar-refractivity contribution in [1.29, 1.82) is 0 Å². The molecule has 0 radical (unpaired) electrons. The van der Waals surface area contributed by atoms with Gasteiger partial charge in [0.15, 0.2) is 11.1 Å². The molecule has 2 rings (SSSR count). The van der Waals surface area contributed by atoms with Crippen LogP contribution in [0.15, 0.2) is 22.5 Å². The summed E-state index contributed by atoms with van der Waals surface area (Å²) < 4.78 is 0. The standard InChI is InChI=1S/C14H21N5S2/c1-9(2)5-6-17-13(16)19-14-18-11(8-20-14)12-4-3-10(7-15)21-12/h3-4,8-9H,5-7,15H2,1-2H3,(H3,16,17,18,19). The molecule has 114 valence electrons. The van der Waals surface area contributed by atoms with E-state index in [9.17, 15) is 0 Å². The maximum Gasteiger partial charge on any atom is 0.194 e. The molecule has 2 aromatic heterocycles. The molecule has 0 aliphatic heterocycles. The smallest absolute Gasteiger partial charge is 0.194 e. The third-order valence-corrected chi connectivity index (χ3v) is 4.73. The fraction of sp³-hybridized carbons (Fsp3) is 0.429. The molecule has 2 heterocycles. The van der Waals surface area contributed by atoms with E-state index >= 15 is 0 Å². The lowest BCUT2D eigenvalue weighted by Gasteiger charge is -2.03. The van der Waals surface area contributed by atoms with Crippen molar-refractivity contribution in [3.05, 3.63) is 22.4 Å². The lowest BCUT2D eigenvalue weighted by molar-refractivity contribution is 0.597. The summed E-state index contributed by atoms with van der Waals surface area (Å²) in [6.07, 6.45) is 1.03. The molecular weight excluding hydrogens is 302 g/mol. The zero-order chi connectivity index (χ0) is 15.2. The number of thiazole rings is 1. The van der Waals surface area contributed by atoms with Gasteiger partial charge in [-0.05, 0) is 24.5 Å². The summed E-state index contributed by atoms with van der Waals surface area (Å²) in [6, 6.07) is 4.08. The Hall–Kier alpha value is -1.44. The molecule has 5 N–H and O–H groups in total. The molecule has 21 heavy (non-hydrogen) atoms. The summed E-state index contributed by atoms with van der Waals surface area (Å²) in [5.41, 5.74) is 12.4. The van der Waals surface area contributed by atoms with Gasteiger partial charge in [0.25, 0.3) is 0 Å². The van der Waals surface area contributed by atoms with E-state index in [1.165, 1.54) is 11.3 Å². The van der Waals surface area contributed by atoms with Crippen LogP contribution in [0.3, 0.4) is 0 Å². The van der Waals surface area contributed by atoms with Gasteiger partial charge in [0, 0.05) is 23.3 Å². The van der Waals surface area contributed by atoms with Gasteiger partial charge in [0.2, 0.25) is 0 Å². The molecule has 0 aliphatic rings. The number of thiophene rings is 1. The molecule has 5 nitrogen and oxygen atoms in total. The van der Waals surface area contributed by atoms with Crippen LogP contribution in [0.2, 0.25) is 0 Å². The highest BCUT2D eigenvalue weighted by atomic mass is 32.1.